The normalized spacial score (nSPS) is 12.5. The van der Waals surface area contributed by atoms with E-state index in [1.165, 1.54) is 18.5 Å². The summed E-state index contributed by atoms with van der Waals surface area (Å²) in [5, 5.41) is 0. The van der Waals surface area contributed by atoms with Gasteiger partial charge in [0.15, 0.2) is 0 Å². The molecule has 0 fully saturated rings. The second-order valence-electron chi connectivity index (χ2n) is 4.05. The van der Waals surface area contributed by atoms with Crippen LogP contribution in [0.15, 0.2) is 30.3 Å². The van der Waals surface area contributed by atoms with E-state index in [0.717, 1.165) is 12.3 Å². The fourth-order valence-corrected chi connectivity index (χ4v) is 2.12. The summed E-state index contributed by atoms with van der Waals surface area (Å²) in [5.74, 6) is 1.67. The maximum atomic E-state index is 4.41. The Morgan fingerprint density at radius 2 is 1.93 bits per heavy atom. The molecule has 0 radical (unpaired) electrons. The second-order valence-corrected chi connectivity index (χ2v) is 4.42. The Morgan fingerprint density at radius 3 is 2.47 bits per heavy atom. The van der Waals surface area contributed by atoms with Crippen LogP contribution in [0.3, 0.4) is 0 Å². The van der Waals surface area contributed by atoms with Crippen LogP contribution >= 0.6 is 12.6 Å². The molecule has 1 rings (SSSR count). The number of rotatable bonds is 6. The van der Waals surface area contributed by atoms with Crippen molar-refractivity contribution in [2.45, 2.75) is 19.8 Å². The molecule has 0 heterocycles. The van der Waals surface area contributed by atoms with E-state index in [1.807, 2.05) is 0 Å². The molecule has 84 valence electrons. The van der Waals surface area contributed by atoms with Crippen LogP contribution in [0.2, 0.25) is 0 Å². The van der Waals surface area contributed by atoms with Gasteiger partial charge in [-0.2, -0.15) is 12.6 Å². The maximum Gasteiger partial charge on any atom is 0.0363 e. The van der Waals surface area contributed by atoms with E-state index in [-0.39, 0.29) is 0 Å². The van der Waals surface area contributed by atoms with E-state index in [9.17, 15) is 0 Å². The quantitative estimate of drug-likeness (QED) is 0.723. The molecule has 0 amide bonds. The molecule has 0 saturated heterocycles. The fraction of sp³-hybridized carbons (Fsp3) is 0.538. The third kappa shape index (κ3) is 4.17. The van der Waals surface area contributed by atoms with Gasteiger partial charge in [-0.25, -0.2) is 0 Å². The minimum absolute atomic E-state index is 0.698. The highest BCUT2D eigenvalue weighted by molar-refractivity contribution is 7.80. The SMILES string of the molecule is CCCC(CS)CN(C)c1ccccc1. The predicted molar refractivity (Wildman–Crippen MR) is 72.0 cm³/mol. The third-order valence-electron chi connectivity index (χ3n) is 2.68. The summed E-state index contributed by atoms with van der Waals surface area (Å²) < 4.78 is 0. The Hall–Kier alpha value is -0.630. The molecule has 0 aliphatic rings. The number of thiol groups is 1. The fourth-order valence-electron chi connectivity index (χ4n) is 1.82. The topological polar surface area (TPSA) is 3.24 Å². The van der Waals surface area contributed by atoms with Crippen molar-refractivity contribution in [3.05, 3.63) is 30.3 Å². The van der Waals surface area contributed by atoms with Crippen LogP contribution in [0, 0.1) is 5.92 Å². The molecule has 1 aromatic rings. The van der Waals surface area contributed by atoms with Gasteiger partial charge in [-0.15, -0.1) is 0 Å². The first-order valence-electron chi connectivity index (χ1n) is 5.65. The molecule has 0 N–H and O–H groups in total. The number of benzene rings is 1. The summed E-state index contributed by atoms with van der Waals surface area (Å²) >= 11 is 4.41. The number of para-hydroxylation sites is 1. The highest BCUT2D eigenvalue weighted by Crippen LogP contribution is 2.16. The molecule has 0 aliphatic carbocycles. The van der Waals surface area contributed by atoms with Crippen molar-refractivity contribution in [3.63, 3.8) is 0 Å². The van der Waals surface area contributed by atoms with Gasteiger partial charge in [0.05, 0.1) is 0 Å². The molecule has 0 aliphatic heterocycles. The zero-order chi connectivity index (χ0) is 11.1. The van der Waals surface area contributed by atoms with Crippen LogP contribution in [-0.2, 0) is 0 Å². The smallest absolute Gasteiger partial charge is 0.0363 e. The summed E-state index contributed by atoms with van der Waals surface area (Å²) in [7, 11) is 2.15. The lowest BCUT2D eigenvalue weighted by Gasteiger charge is -2.24. The van der Waals surface area contributed by atoms with Gasteiger partial charge in [0.1, 0.15) is 0 Å². The number of anilines is 1. The van der Waals surface area contributed by atoms with Crippen LogP contribution in [0.5, 0.6) is 0 Å². The van der Waals surface area contributed by atoms with Gasteiger partial charge < -0.3 is 4.90 Å². The summed E-state index contributed by atoms with van der Waals surface area (Å²) in [5.41, 5.74) is 1.29. The lowest BCUT2D eigenvalue weighted by atomic mass is 10.1. The van der Waals surface area contributed by atoms with Gasteiger partial charge in [-0.05, 0) is 30.2 Å². The molecule has 2 heteroatoms. The summed E-state index contributed by atoms with van der Waals surface area (Å²) in [6.07, 6.45) is 2.51. The maximum absolute atomic E-state index is 4.41. The standard InChI is InChI=1S/C13H21NS/c1-3-7-12(11-15)10-14(2)13-8-5-4-6-9-13/h4-6,8-9,12,15H,3,7,10-11H2,1-2H3. The summed E-state index contributed by atoms with van der Waals surface area (Å²) in [6.45, 7) is 3.33. The van der Waals surface area contributed by atoms with Gasteiger partial charge in [0, 0.05) is 19.3 Å². The van der Waals surface area contributed by atoms with Gasteiger partial charge in [0.25, 0.3) is 0 Å². The van der Waals surface area contributed by atoms with Crippen LogP contribution in [0.1, 0.15) is 19.8 Å². The molecule has 1 unspecified atom stereocenters. The van der Waals surface area contributed by atoms with Crippen molar-refractivity contribution in [2.24, 2.45) is 5.92 Å². The Balaban J connectivity index is 2.50. The highest BCUT2D eigenvalue weighted by atomic mass is 32.1. The highest BCUT2D eigenvalue weighted by Gasteiger charge is 2.09. The lowest BCUT2D eigenvalue weighted by Crippen LogP contribution is -2.26. The van der Waals surface area contributed by atoms with E-state index in [1.54, 1.807) is 0 Å². The van der Waals surface area contributed by atoms with Crippen molar-refractivity contribution >= 4 is 18.3 Å². The van der Waals surface area contributed by atoms with Gasteiger partial charge in [-0.3, -0.25) is 0 Å². The Kier molecular flexibility index (Phi) is 5.62. The van der Waals surface area contributed by atoms with E-state index in [2.05, 4.69) is 61.8 Å². The van der Waals surface area contributed by atoms with E-state index >= 15 is 0 Å². The Morgan fingerprint density at radius 1 is 1.27 bits per heavy atom. The Labute approximate surface area is 98.9 Å². The van der Waals surface area contributed by atoms with Gasteiger partial charge in [-0.1, -0.05) is 31.5 Å². The molecular weight excluding hydrogens is 202 g/mol. The third-order valence-corrected chi connectivity index (χ3v) is 3.20. The number of hydrogen-bond acceptors (Lipinski definition) is 2. The van der Waals surface area contributed by atoms with Crippen LogP contribution in [0.4, 0.5) is 5.69 Å². The molecule has 1 atom stereocenters. The van der Waals surface area contributed by atoms with Crippen molar-refractivity contribution in [3.8, 4) is 0 Å². The van der Waals surface area contributed by atoms with Gasteiger partial charge >= 0.3 is 0 Å². The van der Waals surface area contributed by atoms with Crippen molar-refractivity contribution in [1.29, 1.82) is 0 Å². The lowest BCUT2D eigenvalue weighted by molar-refractivity contribution is 0.533. The van der Waals surface area contributed by atoms with Crippen molar-refractivity contribution in [1.82, 2.24) is 0 Å². The molecule has 1 aromatic carbocycles. The van der Waals surface area contributed by atoms with Crippen LogP contribution in [0.25, 0.3) is 0 Å². The van der Waals surface area contributed by atoms with E-state index < -0.39 is 0 Å². The molecule has 15 heavy (non-hydrogen) atoms. The predicted octanol–water partition coefficient (Wildman–Crippen LogP) is 3.47. The van der Waals surface area contributed by atoms with E-state index in [4.69, 9.17) is 0 Å². The van der Waals surface area contributed by atoms with Crippen LogP contribution < -0.4 is 4.90 Å². The first-order chi connectivity index (χ1) is 7.27. The van der Waals surface area contributed by atoms with E-state index in [0.29, 0.717) is 5.92 Å². The molecule has 0 spiro atoms. The van der Waals surface area contributed by atoms with Crippen LogP contribution in [-0.4, -0.2) is 19.3 Å². The largest absolute Gasteiger partial charge is 0.374 e. The average molecular weight is 223 g/mol. The molecule has 0 bridgehead atoms. The number of hydrogen-bond donors (Lipinski definition) is 1. The first kappa shape index (κ1) is 12.4. The zero-order valence-corrected chi connectivity index (χ0v) is 10.6. The molecule has 0 aromatic heterocycles. The molecule has 0 saturated carbocycles. The monoisotopic (exact) mass is 223 g/mol. The second kappa shape index (κ2) is 6.78. The number of nitrogens with zero attached hydrogens (tertiary/aromatic N) is 1. The minimum Gasteiger partial charge on any atom is -0.374 e. The minimum atomic E-state index is 0.698. The average Bonchev–Trinajstić information content (AvgIpc) is 2.29. The first-order valence-corrected chi connectivity index (χ1v) is 6.28. The molecule has 1 nitrogen and oxygen atoms in total. The Bertz CT molecular complexity index is 260. The molecular formula is C13H21NS. The summed E-state index contributed by atoms with van der Waals surface area (Å²) in [4.78, 5) is 2.32. The van der Waals surface area contributed by atoms with Crippen molar-refractivity contribution in [2.75, 3.05) is 24.2 Å². The summed E-state index contributed by atoms with van der Waals surface area (Å²) in [6, 6.07) is 10.5. The van der Waals surface area contributed by atoms with Gasteiger partial charge in [0.2, 0.25) is 0 Å². The van der Waals surface area contributed by atoms with Crippen molar-refractivity contribution < 1.29 is 0 Å². The zero-order valence-electron chi connectivity index (χ0n) is 9.69.